The van der Waals surface area contributed by atoms with E-state index in [1.165, 1.54) is 16.9 Å². The second-order valence-electron chi connectivity index (χ2n) is 9.86. The van der Waals surface area contributed by atoms with Gasteiger partial charge in [0.1, 0.15) is 5.76 Å². The normalized spacial score (nSPS) is 11.9. The Morgan fingerprint density at radius 3 is 2.02 bits per heavy atom. The first-order valence-electron chi connectivity index (χ1n) is 13.3. The van der Waals surface area contributed by atoms with Crippen LogP contribution in [-0.2, 0) is 18.5 Å². The van der Waals surface area contributed by atoms with Gasteiger partial charge in [-0.3, -0.25) is 0 Å². The summed E-state index contributed by atoms with van der Waals surface area (Å²) in [6.45, 7) is 16.7. The van der Waals surface area contributed by atoms with Gasteiger partial charge in [0.05, 0.1) is 10.6 Å². The van der Waals surface area contributed by atoms with Gasteiger partial charge >= 0.3 is 6.18 Å². The van der Waals surface area contributed by atoms with Crippen molar-refractivity contribution < 1.29 is 27.1 Å². The number of allylic oxidation sites excluding steroid dienone is 1. The van der Waals surface area contributed by atoms with Gasteiger partial charge in [0.2, 0.25) is 0 Å². The van der Waals surface area contributed by atoms with Crippen molar-refractivity contribution in [2.24, 2.45) is 0 Å². The molecule has 3 aromatic rings. The third-order valence-electron chi connectivity index (χ3n) is 6.38. The van der Waals surface area contributed by atoms with E-state index in [1.54, 1.807) is 11.4 Å². The molecule has 0 radical (unpaired) electrons. The van der Waals surface area contributed by atoms with Crippen molar-refractivity contribution >= 4 is 40.4 Å². The molecule has 0 aliphatic carbocycles. The van der Waals surface area contributed by atoms with Crippen molar-refractivity contribution in [3.8, 4) is 11.1 Å². The van der Waals surface area contributed by atoms with Crippen LogP contribution in [0.2, 0.25) is 0 Å². The standard InChI is InChI=1S/C23H24F5NS2.C10H12O/c1-6-7-29(16(4)30)15(3)14(2)8-21-11-18(13-31-21)17-9-19(22(5,24)25)12-20(10-17)23(26,27)28;1-3-9-4-6-10(7-5-9)8(2)11/h8-13H,3,6-7H2,1-2,4-5H3;4-7,11H,2-3H2,1H3/b14-8+;. The minimum absolute atomic E-state index is 0.0982. The van der Waals surface area contributed by atoms with Crippen LogP contribution in [0, 0.1) is 0 Å². The fourth-order valence-corrected chi connectivity index (χ4v) is 5.05. The number of benzene rings is 2. The van der Waals surface area contributed by atoms with E-state index in [0.29, 0.717) is 23.5 Å². The third-order valence-corrected chi connectivity index (χ3v) is 7.48. The van der Waals surface area contributed by atoms with Gasteiger partial charge in [-0.1, -0.05) is 63.5 Å². The largest absolute Gasteiger partial charge is 0.508 e. The van der Waals surface area contributed by atoms with E-state index in [0.717, 1.165) is 53.2 Å². The van der Waals surface area contributed by atoms with Crippen LogP contribution < -0.4 is 0 Å². The molecule has 0 spiro atoms. The number of rotatable bonds is 9. The SMILES string of the molecule is C=C(/C(C)=C/c1cc(-c2cc(C(C)(F)F)cc(C(F)(F)F)c2)cs1)N(CCC)C(C)=S.C=C(O)c1ccc(CC)cc1. The second kappa shape index (κ2) is 14.7. The molecule has 0 saturated heterocycles. The summed E-state index contributed by atoms with van der Waals surface area (Å²) in [7, 11) is 0. The number of aryl methyl sites for hydroxylation is 1. The van der Waals surface area contributed by atoms with Crippen molar-refractivity contribution in [1.82, 2.24) is 4.90 Å². The van der Waals surface area contributed by atoms with Crippen LogP contribution in [0.5, 0.6) is 0 Å². The predicted octanol–water partition coefficient (Wildman–Crippen LogP) is 11.3. The molecule has 0 aliphatic rings. The fourth-order valence-electron chi connectivity index (χ4n) is 3.94. The smallest absolute Gasteiger partial charge is 0.416 e. The van der Waals surface area contributed by atoms with Gasteiger partial charge in [0, 0.05) is 35.2 Å². The van der Waals surface area contributed by atoms with Crippen molar-refractivity contribution in [2.45, 2.75) is 59.6 Å². The number of aliphatic hydroxyl groups is 1. The number of halogens is 5. The Morgan fingerprint density at radius 1 is 0.952 bits per heavy atom. The average molecular weight is 622 g/mol. The number of hydrogen-bond donors (Lipinski definition) is 1. The Morgan fingerprint density at radius 2 is 1.55 bits per heavy atom. The van der Waals surface area contributed by atoms with Gasteiger partial charge < -0.3 is 10.0 Å². The molecule has 3 rings (SSSR count). The van der Waals surface area contributed by atoms with Crippen LogP contribution in [0.3, 0.4) is 0 Å². The highest BCUT2D eigenvalue weighted by atomic mass is 32.1. The molecule has 226 valence electrons. The van der Waals surface area contributed by atoms with Gasteiger partial charge in [-0.2, -0.15) is 13.2 Å². The molecule has 1 aromatic heterocycles. The molecule has 0 amide bonds. The molecule has 0 unspecified atom stereocenters. The topological polar surface area (TPSA) is 23.5 Å². The van der Waals surface area contributed by atoms with E-state index < -0.39 is 23.2 Å². The van der Waals surface area contributed by atoms with Gasteiger partial charge in [-0.05, 0) is 84.7 Å². The highest BCUT2D eigenvalue weighted by Crippen LogP contribution is 2.39. The Hall–Kier alpha value is -3.30. The lowest BCUT2D eigenvalue weighted by Crippen LogP contribution is -2.27. The molecule has 2 aromatic carbocycles. The van der Waals surface area contributed by atoms with Gasteiger partial charge in [-0.15, -0.1) is 11.3 Å². The lowest BCUT2D eigenvalue weighted by Gasteiger charge is -2.25. The molecule has 42 heavy (non-hydrogen) atoms. The van der Waals surface area contributed by atoms with E-state index in [9.17, 15) is 22.0 Å². The Bertz CT molecular complexity index is 1400. The van der Waals surface area contributed by atoms with E-state index in [1.807, 2.05) is 56.0 Å². The van der Waals surface area contributed by atoms with E-state index >= 15 is 0 Å². The summed E-state index contributed by atoms with van der Waals surface area (Å²) in [5.74, 6) is -3.25. The number of alkyl halides is 5. The summed E-state index contributed by atoms with van der Waals surface area (Å²) < 4.78 is 67.3. The third kappa shape index (κ3) is 9.91. The lowest BCUT2D eigenvalue weighted by molar-refractivity contribution is -0.137. The van der Waals surface area contributed by atoms with Crippen LogP contribution in [0.15, 0.2) is 78.3 Å². The first-order valence-corrected chi connectivity index (χ1v) is 14.6. The number of thiocarbonyl (C=S) groups is 1. The van der Waals surface area contributed by atoms with E-state index in [4.69, 9.17) is 17.3 Å². The molecule has 1 N–H and O–H groups in total. The number of aliphatic hydroxyl groups excluding tert-OH is 1. The van der Waals surface area contributed by atoms with Gasteiger partial charge in [-0.25, -0.2) is 8.78 Å². The molecule has 1 heterocycles. The molecule has 0 bridgehead atoms. The quantitative estimate of drug-likeness (QED) is 0.111. The summed E-state index contributed by atoms with van der Waals surface area (Å²) in [5, 5.41) is 10.6. The predicted molar refractivity (Wildman–Crippen MR) is 170 cm³/mol. The summed E-state index contributed by atoms with van der Waals surface area (Å²) in [5.41, 5.74) is 2.45. The maximum absolute atomic E-state index is 13.8. The van der Waals surface area contributed by atoms with Crippen LogP contribution >= 0.6 is 23.6 Å². The number of hydrogen-bond acceptors (Lipinski definition) is 3. The number of nitrogens with zero attached hydrogens (tertiary/aromatic N) is 1. The lowest BCUT2D eigenvalue weighted by atomic mass is 9.98. The Kier molecular flexibility index (Phi) is 12.2. The number of thiophene rings is 1. The molecule has 0 aliphatic heterocycles. The molecule has 9 heteroatoms. The Balaban J connectivity index is 0.000000468. The summed E-state index contributed by atoms with van der Waals surface area (Å²) in [6, 6.07) is 11.9. The molecule has 0 atom stereocenters. The first-order chi connectivity index (χ1) is 19.5. The van der Waals surface area contributed by atoms with Gasteiger partial charge in [0.15, 0.2) is 0 Å². The summed E-state index contributed by atoms with van der Waals surface area (Å²) in [4.78, 5) is 3.40. The minimum Gasteiger partial charge on any atom is -0.508 e. The molecular weight excluding hydrogens is 585 g/mol. The van der Waals surface area contributed by atoms with E-state index in [2.05, 4.69) is 20.1 Å². The second-order valence-corrected chi connectivity index (χ2v) is 11.4. The van der Waals surface area contributed by atoms with Crippen molar-refractivity contribution in [2.75, 3.05) is 6.54 Å². The first kappa shape index (κ1) is 34.9. The van der Waals surface area contributed by atoms with Crippen LogP contribution in [0.4, 0.5) is 22.0 Å². The highest BCUT2D eigenvalue weighted by Gasteiger charge is 2.34. The van der Waals surface area contributed by atoms with Crippen LogP contribution in [-0.4, -0.2) is 21.5 Å². The zero-order valence-corrected chi connectivity index (χ0v) is 26.0. The monoisotopic (exact) mass is 621 g/mol. The fraction of sp³-hybridized carbons (Fsp3) is 0.303. The Labute approximate surface area is 254 Å². The van der Waals surface area contributed by atoms with Crippen molar-refractivity contribution in [3.05, 3.63) is 105 Å². The summed E-state index contributed by atoms with van der Waals surface area (Å²) >= 11 is 6.59. The molecule has 2 nitrogen and oxygen atoms in total. The van der Waals surface area contributed by atoms with Crippen molar-refractivity contribution in [3.63, 3.8) is 0 Å². The zero-order valence-electron chi connectivity index (χ0n) is 24.4. The van der Waals surface area contributed by atoms with Crippen molar-refractivity contribution in [1.29, 1.82) is 0 Å². The highest BCUT2D eigenvalue weighted by molar-refractivity contribution is 7.80. The molecular formula is C33H36F5NOS2. The van der Waals surface area contributed by atoms with E-state index in [-0.39, 0.29) is 11.3 Å². The molecule has 0 fully saturated rings. The maximum Gasteiger partial charge on any atom is 0.416 e. The summed E-state index contributed by atoms with van der Waals surface area (Å²) in [6.07, 6.45) is -0.938. The zero-order chi connectivity index (χ0) is 31.8. The van der Waals surface area contributed by atoms with Crippen LogP contribution in [0.1, 0.15) is 68.2 Å². The maximum atomic E-state index is 13.8. The van der Waals surface area contributed by atoms with Gasteiger partial charge in [0.25, 0.3) is 5.92 Å². The molecule has 0 saturated carbocycles. The minimum atomic E-state index is -4.72. The van der Waals surface area contributed by atoms with Crippen LogP contribution in [0.25, 0.3) is 23.0 Å². The average Bonchev–Trinajstić information content (AvgIpc) is 3.38.